The van der Waals surface area contributed by atoms with Gasteiger partial charge in [0.2, 0.25) is 0 Å². The van der Waals surface area contributed by atoms with Crippen LogP contribution >= 0.6 is 0 Å². The van der Waals surface area contributed by atoms with Crippen molar-refractivity contribution in [2.24, 2.45) is 0 Å². The average molecular weight is 130 g/mol. The first kappa shape index (κ1) is 9.24. The van der Waals surface area contributed by atoms with Gasteiger partial charge in [0, 0.05) is 0 Å². The van der Waals surface area contributed by atoms with E-state index in [9.17, 15) is 0 Å². The van der Waals surface area contributed by atoms with E-state index in [2.05, 4.69) is 22.3 Å². The Morgan fingerprint density at radius 2 is 2.00 bits per heavy atom. The molecule has 0 aromatic carbocycles. The summed E-state index contributed by atoms with van der Waals surface area (Å²) in [5, 5.41) is 0.771. The molecule has 0 spiro atoms. The Bertz CT molecular complexity index is 20.9. The molecule has 0 rings (SSSR count). The number of hydrogen-bond donors (Lipinski definition) is 0. The summed E-state index contributed by atoms with van der Waals surface area (Å²) in [6, 6.07) is 0. The van der Waals surface area contributed by atoms with Crippen molar-refractivity contribution in [2.75, 3.05) is 0 Å². The van der Waals surface area contributed by atoms with Crippen LogP contribution in [0.4, 0.5) is 0 Å². The summed E-state index contributed by atoms with van der Waals surface area (Å²) < 4.78 is 0. The maximum Gasteiger partial charge on any atom is 0.187 e. The molecule has 0 nitrogen and oxygen atoms in total. The predicted octanol–water partition coefficient (Wildman–Crippen LogP) is -0.0464. The number of hydrogen-bond acceptors (Lipinski definition) is 0. The Kier molecular flexibility index (Phi) is 16.3. The quantitative estimate of drug-likeness (QED) is 0.345. The molecule has 0 saturated heterocycles. The van der Waals surface area contributed by atoms with Crippen molar-refractivity contribution in [2.45, 2.75) is 5.36 Å². The van der Waals surface area contributed by atoms with E-state index in [0.29, 0.717) is 0 Å². The Balaban J connectivity index is 0. The molecular formula is C3H8AlCo. The normalized spacial score (nSPS) is 5.20. The van der Waals surface area contributed by atoms with Crippen LogP contribution in [0, 0.1) is 0 Å². The van der Waals surface area contributed by atoms with Gasteiger partial charge in [0.1, 0.15) is 0 Å². The van der Waals surface area contributed by atoms with Crippen LogP contribution < -0.4 is 0 Å². The molecule has 0 aliphatic heterocycles. The van der Waals surface area contributed by atoms with Gasteiger partial charge in [-0.2, -0.15) is 0 Å². The molecule has 0 N–H and O–H groups in total. The topological polar surface area (TPSA) is 0 Å². The van der Waals surface area contributed by atoms with E-state index >= 15 is 0 Å². The fraction of sp³-hybridized carbons (Fsp3) is 0.333. The summed E-state index contributed by atoms with van der Waals surface area (Å²) in [5.41, 5.74) is 0. The minimum atomic E-state index is 0. The zero-order chi connectivity index (χ0) is 3.41. The van der Waals surface area contributed by atoms with E-state index < -0.39 is 0 Å². The van der Waals surface area contributed by atoms with Gasteiger partial charge in [-0.3, -0.25) is 0 Å². The predicted molar refractivity (Wildman–Crippen MR) is 24.9 cm³/mol. The van der Waals surface area contributed by atoms with Gasteiger partial charge in [0.25, 0.3) is 0 Å². The molecule has 0 aliphatic rings. The van der Waals surface area contributed by atoms with E-state index in [1.807, 2.05) is 0 Å². The fourth-order valence-corrected chi connectivity index (χ4v) is 0. The molecular weight excluding hydrogens is 122 g/mol. The van der Waals surface area contributed by atoms with Crippen molar-refractivity contribution in [3.05, 3.63) is 12.7 Å². The second kappa shape index (κ2) is 8.84. The Hall–Kier alpha value is 0.779. The third-order valence-corrected chi connectivity index (χ3v) is 0.397. The number of allylic oxidation sites excluding steroid dienone is 1. The van der Waals surface area contributed by atoms with E-state index in [4.69, 9.17) is 0 Å². The van der Waals surface area contributed by atoms with Crippen LogP contribution in [0.5, 0.6) is 0 Å². The molecule has 32 valence electrons. The van der Waals surface area contributed by atoms with Gasteiger partial charge in [-0.25, -0.2) is 0 Å². The number of rotatable bonds is 1. The molecule has 0 aromatic rings. The summed E-state index contributed by atoms with van der Waals surface area (Å²) in [6.07, 6.45) is 1.74. The van der Waals surface area contributed by atoms with Gasteiger partial charge >= 0.3 is 33.7 Å². The standard InChI is InChI=1S/C3H5.Al.Co.3H/c1-3-2;;;;;/h3H,1-2H2;;;;;. The van der Waals surface area contributed by atoms with Crippen LogP contribution in [0.1, 0.15) is 0 Å². The summed E-state index contributed by atoms with van der Waals surface area (Å²) in [4.78, 5) is 0. The van der Waals surface area contributed by atoms with Crippen LogP contribution in [0.3, 0.4) is 0 Å². The Labute approximate surface area is 51.4 Å². The van der Waals surface area contributed by atoms with Crippen LogP contribution in [0.15, 0.2) is 12.7 Å². The maximum absolute atomic E-state index is 3.84. The van der Waals surface area contributed by atoms with Gasteiger partial charge in [-0.15, -0.1) is 0 Å². The monoisotopic (exact) mass is 130 g/mol. The molecule has 0 fully saturated rings. The first-order valence-corrected chi connectivity index (χ1v) is 1.79. The molecule has 0 saturated carbocycles. The smallest absolute Gasteiger partial charge is 0.187 e. The second-order valence-corrected chi connectivity index (χ2v) is 0.850. The minimum Gasteiger partial charge on any atom is 0.187 e. The van der Waals surface area contributed by atoms with Crippen molar-refractivity contribution in [1.29, 1.82) is 0 Å². The zero-order valence-electron chi connectivity index (χ0n) is 2.32. The van der Waals surface area contributed by atoms with Crippen LogP contribution in [0.2, 0.25) is 5.36 Å². The largest absolute Gasteiger partial charge is 0.187 e. The van der Waals surface area contributed by atoms with Crippen LogP contribution in [-0.2, 0) is 15.7 Å². The first-order chi connectivity index (χ1) is 1.91. The molecule has 5 heavy (non-hydrogen) atoms. The van der Waals surface area contributed by atoms with Gasteiger partial charge in [0.05, 0.1) is 0 Å². The third-order valence-electron chi connectivity index (χ3n) is 0.0962. The average Bonchev–Trinajstić information content (AvgIpc) is 1.37. The van der Waals surface area contributed by atoms with Crippen molar-refractivity contribution in [3.63, 3.8) is 0 Å². The molecule has 0 radical (unpaired) electrons. The Morgan fingerprint density at radius 1 is 1.80 bits per heavy atom. The molecule has 0 bridgehead atoms. The first-order valence-electron chi connectivity index (χ1n) is 1.05. The van der Waals surface area contributed by atoms with Crippen molar-refractivity contribution in [3.8, 4) is 0 Å². The molecule has 0 amide bonds. The molecule has 0 heterocycles. The van der Waals surface area contributed by atoms with E-state index in [1.54, 1.807) is 6.08 Å². The molecule has 0 aromatic heterocycles. The van der Waals surface area contributed by atoms with Crippen LogP contribution in [0.25, 0.3) is 0 Å². The summed E-state index contributed by atoms with van der Waals surface area (Å²) in [6.45, 7) is 3.40. The van der Waals surface area contributed by atoms with E-state index in [0.717, 1.165) is 5.36 Å². The molecule has 0 aliphatic carbocycles. The Morgan fingerprint density at radius 3 is 2.00 bits per heavy atom. The summed E-state index contributed by atoms with van der Waals surface area (Å²) in [5.74, 6) is 0. The summed E-state index contributed by atoms with van der Waals surface area (Å²) >= 11 is 3.84. The van der Waals surface area contributed by atoms with Gasteiger partial charge in [-0.05, 0) is 0 Å². The SMILES string of the molecule is C=C[CH2][Co].[AlH3]. The van der Waals surface area contributed by atoms with Gasteiger partial charge in [-0.1, -0.05) is 0 Å². The minimum absolute atomic E-state index is 0. The summed E-state index contributed by atoms with van der Waals surface area (Å²) in [7, 11) is 0. The van der Waals surface area contributed by atoms with E-state index in [1.165, 1.54) is 0 Å². The molecule has 2 heteroatoms. The van der Waals surface area contributed by atoms with Gasteiger partial charge < -0.3 is 0 Å². The van der Waals surface area contributed by atoms with E-state index in [-0.39, 0.29) is 17.4 Å². The van der Waals surface area contributed by atoms with Crippen molar-refractivity contribution >= 4 is 17.4 Å². The second-order valence-electron chi connectivity index (χ2n) is 0.425. The zero-order valence-corrected chi connectivity index (χ0v) is 3.37. The van der Waals surface area contributed by atoms with Gasteiger partial charge in [0.15, 0.2) is 17.4 Å². The van der Waals surface area contributed by atoms with Crippen molar-refractivity contribution < 1.29 is 15.7 Å². The maximum atomic E-state index is 3.84. The molecule has 0 unspecified atom stereocenters. The fourth-order valence-electron chi connectivity index (χ4n) is 0. The third kappa shape index (κ3) is 11.7. The van der Waals surface area contributed by atoms with Crippen molar-refractivity contribution in [1.82, 2.24) is 0 Å². The van der Waals surface area contributed by atoms with Crippen LogP contribution in [-0.4, -0.2) is 17.4 Å². The molecule has 0 atom stereocenters.